The molecule has 0 saturated heterocycles. The Kier molecular flexibility index (Phi) is 2.17. The number of nitrogens with two attached hydrogens (primary N) is 1. The number of rotatable bonds is 3. The van der Waals surface area contributed by atoms with Crippen molar-refractivity contribution in [2.24, 2.45) is 11.7 Å². The van der Waals surface area contributed by atoms with Crippen molar-refractivity contribution < 1.29 is 4.92 Å². The molecule has 1 unspecified atom stereocenters. The van der Waals surface area contributed by atoms with Gasteiger partial charge in [-0.15, -0.1) is 0 Å². The fraction of sp³-hybridized carbons (Fsp3) is 0.444. The summed E-state index contributed by atoms with van der Waals surface area (Å²) in [6, 6.07) is 3.14. The van der Waals surface area contributed by atoms with Crippen LogP contribution >= 0.6 is 0 Å². The highest BCUT2D eigenvalue weighted by Crippen LogP contribution is 2.41. The van der Waals surface area contributed by atoms with Gasteiger partial charge < -0.3 is 15.8 Å². The maximum Gasteiger partial charge on any atom is 0.368 e. The van der Waals surface area contributed by atoms with Crippen LogP contribution in [0.4, 0.5) is 5.82 Å². The first kappa shape index (κ1) is 9.08. The van der Waals surface area contributed by atoms with Crippen molar-refractivity contribution in [2.75, 3.05) is 0 Å². The van der Waals surface area contributed by atoms with E-state index in [9.17, 15) is 10.1 Å². The topological polar surface area (TPSA) is 82.0 Å². The van der Waals surface area contributed by atoms with E-state index in [-0.39, 0.29) is 11.9 Å². The molecule has 0 amide bonds. The Hall–Kier alpha value is -1.49. The molecule has 0 bridgehead atoms. The van der Waals surface area contributed by atoms with Gasteiger partial charge in [-0.1, -0.05) is 0 Å². The molecule has 1 aromatic heterocycles. The van der Waals surface area contributed by atoms with Crippen molar-refractivity contribution >= 4 is 5.82 Å². The Bertz CT molecular complexity index is 363. The van der Waals surface area contributed by atoms with Crippen molar-refractivity contribution in [3.63, 3.8) is 0 Å². The first-order valence-electron chi connectivity index (χ1n) is 4.55. The summed E-state index contributed by atoms with van der Waals surface area (Å²) in [6.07, 6.45) is 3.54. The maximum atomic E-state index is 10.7. The zero-order chi connectivity index (χ0) is 10.1. The van der Waals surface area contributed by atoms with Gasteiger partial charge in [0.25, 0.3) is 0 Å². The Balaban J connectivity index is 2.34. The van der Waals surface area contributed by atoms with Gasteiger partial charge in [-0.3, -0.25) is 0 Å². The molecular weight excluding hydrogens is 182 g/mol. The molecule has 5 nitrogen and oxygen atoms in total. The lowest BCUT2D eigenvalue weighted by Gasteiger charge is -2.09. The zero-order valence-electron chi connectivity index (χ0n) is 7.59. The Morgan fingerprint density at radius 1 is 1.64 bits per heavy atom. The molecule has 1 atom stereocenters. The van der Waals surface area contributed by atoms with Crippen LogP contribution in [0.3, 0.4) is 0 Å². The van der Waals surface area contributed by atoms with Crippen LogP contribution in [0.2, 0.25) is 0 Å². The summed E-state index contributed by atoms with van der Waals surface area (Å²) < 4.78 is 0. The molecule has 0 aliphatic heterocycles. The SMILES string of the molecule is NC(c1cccnc1[N+](=O)[O-])C1CC1. The minimum Gasteiger partial charge on any atom is -0.358 e. The van der Waals surface area contributed by atoms with Crippen molar-refractivity contribution in [3.05, 3.63) is 34.0 Å². The first-order chi connectivity index (χ1) is 6.70. The molecule has 1 aliphatic rings. The predicted octanol–water partition coefficient (Wildman–Crippen LogP) is 1.40. The van der Waals surface area contributed by atoms with E-state index in [4.69, 9.17) is 5.73 Å². The summed E-state index contributed by atoms with van der Waals surface area (Å²) in [5.41, 5.74) is 6.45. The van der Waals surface area contributed by atoms with Gasteiger partial charge in [-0.25, -0.2) is 0 Å². The number of pyridine rings is 1. The summed E-state index contributed by atoms with van der Waals surface area (Å²) >= 11 is 0. The number of aromatic nitrogens is 1. The van der Waals surface area contributed by atoms with Crippen LogP contribution in [0.1, 0.15) is 24.4 Å². The first-order valence-corrected chi connectivity index (χ1v) is 4.55. The monoisotopic (exact) mass is 193 g/mol. The molecule has 74 valence electrons. The van der Waals surface area contributed by atoms with Crippen LogP contribution < -0.4 is 5.73 Å². The largest absolute Gasteiger partial charge is 0.368 e. The summed E-state index contributed by atoms with van der Waals surface area (Å²) in [7, 11) is 0. The Morgan fingerprint density at radius 2 is 2.36 bits per heavy atom. The standard InChI is InChI=1S/C9H11N3O2/c10-8(6-3-4-6)7-2-1-5-11-9(7)12(13)14/h1-2,5-6,8H,3-4,10H2. The van der Waals surface area contributed by atoms with Gasteiger partial charge in [0.15, 0.2) is 0 Å². The lowest BCUT2D eigenvalue weighted by atomic mass is 10.0. The molecule has 1 aliphatic carbocycles. The molecule has 1 heterocycles. The summed E-state index contributed by atoms with van der Waals surface area (Å²) in [4.78, 5) is 13.9. The summed E-state index contributed by atoms with van der Waals surface area (Å²) in [6.45, 7) is 0. The zero-order valence-corrected chi connectivity index (χ0v) is 7.59. The second-order valence-electron chi connectivity index (χ2n) is 3.54. The molecular formula is C9H11N3O2. The van der Waals surface area contributed by atoms with Crippen LogP contribution in [0.25, 0.3) is 0 Å². The van der Waals surface area contributed by atoms with E-state index in [0.717, 1.165) is 12.8 Å². The molecule has 2 rings (SSSR count). The van der Waals surface area contributed by atoms with E-state index >= 15 is 0 Å². The molecule has 5 heteroatoms. The average Bonchev–Trinajstić information content (AvgIpc) is 3.00. The van der Waals surface area contributed by atoms with Crippen LogP contribution in [0, 0.1) is 16.0 Å². The number of nitrogens with zero attached hydrogens (tertiary/aromatic N) is 2. The highest BCUT2D eigenvalue weighted by Gasteiger charge is 2.33. The number of hydrogen-bond donors (Lipinski definition) is 1. The fourth-order valence-corrected chi connectivity index (χ4v) is 1.53. The van der Waals surface area contributed by atoms with Crippen molar-refractivity contribution in [3.8, 4) is 0 Å². The molecule has 0 aromatic carbocycles. The minimum atomic E-state index is -0.475. The van der Waals surface area contributed by atoms with Crippen molar-refractivity contribution in [2.45, 2.75) is 18.9 Å². The lowest BCUT2D eigenvalue weighted by molar-refractivity contribution is -0.390. The summed E-state index contributed by atoms with van der Waals surface area (Å²) in [5.74, 6) is 0.296. The normalized spacial score (nSPS) is 17.8. The van der Waals surface area contributed by atoms with Crippen LogP contribution in [-0.2, 0) is 0 Å². The van der Waals surface area contributed by atoms with E-state index in [0.29, 0.717) is 11.5 Å². The van der Waals surface area contributed by atoms with Gasteiger partial charge in [0.2, 0.25) is 0 Å². The van der Waals surface area contributed by atoms with Gasteiger partial charge in [-0.2, -0.15) is 0 Å². The lowest BCUT2D eigenvalue weighted by Crippen LogP contribution is -2.14. The van der Waals surface area contributed by atoms with Gasteiger partial charge in [0, 0.05) is 6.04 Å². The number of nitro groups is 1. The van der Waals surface area contributed by atoms with E-state index in [1.54, 1.807) is 12.1 Å². The molecule has 1 saturated carbocycles. The molecule has 0 radical (unpaired) electrons. The highest BCUT2D eigenvalue weighted by molar-refractivity contribution is 5.35. The van der Waals surface area contributed by atoms with Crippen LogP contribution in [0.5, 0.6) is 0 Å². The Labute approximate surface area is 81.1 Å². The molecule has 14 heavy (non-hydrogen) atoms. The van der Waals surface area contributed by atoms with Gasteiger partial charge in [-0.05, 0) is 40.8 Å². The third-order valence-electron chi connectivity index (χ3n) is 2.48. The fourth-order valence-electron chi connectivity index (χ4n) is 1.53. The smallest absolute Gasteiger partial charge is 0.358 e. The van der Waals surface area contributed by atoms with E-state index in [2.05, 4.69) is 4.98 Å². The quantitative estimate of drug-likeness (QED) is 0.581. The maximum absolute atomic E-state index is 10.7. The van der Waals surface area contributed by atoms with Crippen molar-refractivity contribution in [1.29, 1.82) is 0 Å². The van der Waals surface area contributed by atoms with Crippen molar-refractivity contribution in [1.82, 2.24) is 4.98 Å². The molecule has 1 aromatic rings. The van der Waals surface area contributed by atoms with Gasteiger partial charge >= 0.3 is 5.82 Å². The second kappa shape index (κ2) is 3.34. The van der Waals surface area contributed by atoms with Gasteiger partial charge in [0.05, 0.1) is 5.56 Å². The van der Waals surface area contributed by atoms with E-state index < -0.39 is 4.92 Å². The highest BCUT2D eigenvalue weighted by atomic mass is 16.6. The molecule has 0 spiro atoms. The summed E-state index contributed by atoms with van der Waals surface area (Å²) in [5, 5.41) is 10.7. The minimum absolute atomic E-state index is 0.105. The average molecular weight is 193 g/mol. The Morgan fingerprint density at radius 3 is 2.93 bits per heavy atom. The third-order valence-corrected chi connectivity index (χ3v) is 2.48. The third kappa shape index (κ3) is 1.58. The molecule has 2 N–H and O–H groups in total. The predicted molar refractivity (Wildman–Crippen MR) is 50.5 cm³/mol. The van der Waals surface area contributed by atoms with Gasteiger partial charge in [0.1, 0.15) is 6.20 Å². The molecule has 1 fully saturated rings. The van der Waals surface area contributed by atoms with Crippen LogP contribution in [-0.4, -0.2) is 9.91 Å². The van der Waals surface area contributed by atoms with E-state index in [1.807, 2.05) is 0 Å². The second-order valence-corrected chi connectivity index (χ2v) is 3.54. The number of hydrogen-bond acceptors (Lipinski definition) is 4. The van der Waals surface area contributed by atoms with E-state index in [1.165, 1.54) is 6.20 Å². The van der Waals surface area contributed by atoms with Crippen LogP contribution in [0.15, 0.2) is 18.3 Å².